The Morgan fingerprint density at radius 1 is 1.12 bits per heavy atom. The summed E-state index contributed by atoms with van der Waals surface area (Å²) in [5, 5.41) is 11.5. The Morgan fingerprint density at radius 2 is 1.79 bits per heavy atom. The third-order valence-electron chi connectivity index (χ3n) is 3.03. The first-order chi connectivity index (χ1) is 11.4. The molecule has 2 N–H and O–H groups in total. The smallest absolute Gasteiger partial charge is 0.338 e. The van der Waals surface area contributed by atoms with Crippen LogP contribution in [0.4, 0.5) is 10.1 Å². The number of benzene rings is 2. The van der Waals surface area contributed by atoms with Gasteiger partial charge in [-0.1, -0.05) is 0 Å². The van der Waals surface area contributed by atoms with Gasteiger partial charge in [-0.25, -0.2) is 9.18 Å². The summed E-state index contributed by atoms with van der Waals surface area (Å²) in [4.78, 5) is 34.6. The van der Waals surface area contributed by atoms with Crippen molar-refractivity contribution < 1.29 is 28.6 Å². The molecule has 0 atom stereocenters. The predicted octanol–water partition coefficient (Wildman–Crippen LogP) is 2.53. The summed E-state index contributed by atoms with van der Waals surface area (Å²) in [5.74, 6) is -2.68. The summed E-state index contributed by atoms with van der Waals surface area (Å²) >= 11 is 0. The molecule has 2 aromatic carbocycles. The van der Waals surface area contributed by atoms with Gasteiger partial charge in [0, 0.05) is 12.6 Å². The molecule has 7 heteroatoms. The molecule has 24 heavy (non-hydrogen) atoms. The molecular formula is C17H14FNO5. The van der Waals surface area contributed by atoms with Crippen LogP contribution in [-0.2, 0) is 9.53 Å². The van der Waals surface area contributed by atoms with Crippen LogP contribution in [0.25, 0.3) is 0 Å². The van der Waals surface area contributed by atoms with Crippen LogP contribution in [0, 0.1) is 5.82 Å². The molecule has 0 bridgehead atoms. The number of carbonyl (C=O) groups excluding carboxylic acids is 3. The minimum Gasteiger partial charge on any atom is -0.508 e. The highest BCUT2D eigenvalue weighted by Crippen LogP contribution is 2.16. The van der Waals surface area contributed by atoms with Crippen LogP contribution >= 0.6 is 0 Å². The number of nitrogens with one attached hydrogen (secondary N) is 1. The van der Waals surface area contributed by atoms with Gasteiger partial charge in [-0.15, -0.1) is 0 Å². The maximum atomic E-state index is 13.9. The maximum Gasteiger partial charge on any atom is 0.338 e. The van der Waals surface area contributed by atoms with Crippen molar-refractivity contribution in [1.82, 2.24) is 0 Å². The van der Waals surface area contributed by atoms with E-state index >= 15 is 0 Å². The first kappa shape index (κ1) is 17.1. The minimum atomic E-state index is -0.827. The van der Waals surface area contributed by atoms with Gasteiger partial charge in [0.05, 0.1) is 11.1 Å². The van der Waals surface area contributed by atoms with E-state index in [1.807, 2.05) is 0 Å². The molecule has 2 aromatic rings. The Bertz CT molecular complexity index is 786. The molecule has 124 valence electrons. The molecule has 0 aromatic heterocycles. The van der Waals surface area contributed by atoms with E-state index in [-0.39, 0.29) is 28.5 Å². The van der Waals surface area contributed by atoms with Crippen molar-refractivity contribution in [2.75, 3.05) is 11.9 Å². The molecule has 0 fully saturated rings. The fourth-order valence-electron chi connectivity index (χ4n) is 1.91. The van der Waals surface area contributed by atoms with E-state index in [4.69, 9.17) is 9.84 Å². The summed E-state index contributed by atoms with van der Waals surface area (Å²) in [6.07, 6.45) is 0. The number of hydrogen-bond acceptors (Lipinski definition) is 5. The van der Waals surface area contributed by atoms with Gasteiger partial charge in [-0.3, -0.25) is 9.59 Å². The molecule has 6 nitrogen and oxygen atoms in total. The summed E-state index contributed by atoms with van der Waals surface area (Å²) in [7, 11) is 0. The summed E-state index contributed by atoms with van der Waals surface area (Å²) in [6, 6.07) is 8.88. The lowest BCUT2D eigenvalue weighted by Crippen LogP contribution is -2.15. The largest absolute Gasteiger partial charge is 0.508 e. The zero-order valence-corrected chi connectivity index (χ0v) is 12.7. The van der Waals surface area contributed by atoms with Crippen molar-refractivity contribution in [2.24, 2.45) is 0 Å². The Balaban J connectivity index is 2.00. The number of amides is 1. The first-order valence-corrected chi connectivity index (χ1v) is 6.93. The minimum absolute atomic E-state index is 0.0102. The normalized spacial score (nSPS) is 10.1. The number of carbonyl (C=O) groups is 3. The van der Waals surface area contributed by atoms with Gasteiger partial charge in [-0.05, 0) is 42.5 Å². The van der Waals surface area contributed by atoms with Crippen molar-refractivity contribution in [1.29, 1.82) is 0 Å². The molecule has 0 heterocycles. The van der Waals surface area contributed by atoms with E-state index < -0.39 is 24.2 Å². The molecule has 0 unspecified atom stereocenters. The quantitative estimate of drug-likeness (QED) is 0.649. The molecule has 1 amide bonds. The van der Waals surface area contributed by atoms with Gasteiger partial charge < -0.3 is 15.2 Å². The van der Waals surface area contributed by atoms with Gasteiger partial charge in [0.1, 0.15) is 11.6 Å². The second-order valence-corrected chi connectivity index (χ2v) is 4.92. The number of aromatic hydroxyl groups is 1. The van der Waals surface area contributed by atoms with E-state index in [1.165, 1.54) is 43.3 Å². The number of phenols is 1. The third-order valence-corrected chi connectivity index (χ3v) is 3.03. The van der Waals surface area contributed by atoms with E-state index in [0.29, 0.717) is 0 Å². The van der Waals surface area contributed by atoms with Gasteiger partial charge >= 0.3 is 5.97 Å². The number of halogens is 1. The highest BCUT2D eigenvalue weighted by atomic mass is 19.1. The molecule has 2 rings (SSSR count). The molecule has 0 radical (unpaired) electrons. The third kappa shape index (κ3) is 4.39. The van der Waals surface area contributed by atoms with E-state index in [9.17, 15) is 18.8 Å². The number of ketones is 1. The number of anilines is 1. The number of phenolic OH excluding ortho intramolecular Hbond substituents is 1. The zero-order chi connectivity index (χ0) is 17.7. The van der Waals surface area contributed by atoms with Crippen LogP contribution in [0.15, 0.2) is 42.5 Å². The fraction of sp³-hybridized carbons (Fsp3) is 0.118. The van der Waals surface area contributed by atoms with Crippen LogP contribution in [0.2, 0.25) is 0 Å². The number of hydrogen-bond donors (Lipinski definition) is 2. The highest BCUT2D eigenvalue weighted by molar-refractivity contribution is 6.00. The van der Waals surface area contributed by atoms with E-state index in [2.05, 4.69) is 5.32 Å². The Kier molecular flexibility index (Phi) is 5.26. The van der Waals surface area contributed by atoms with Crippen molar-refractivity contribution in [3.05, 3.63) is 59.4 Å². The number of esters is 1. The van der Waals surface area contributed by atoms with Crippen molar-refractivity contribution in [3.8, 4) is 5.75 Å². The van der Waals surface area contributed by atoms with Crippen molar-refractivity contribution in [2.45, 2.75) is 6.92 Å². The predicted molar refractivity (Wildman–Crippen MR) is 83.4 cm³/mol. The summed E-state index contributed by atoms with van der Waals surface area (Å²) in [5.41, 5.74) is 0.127. The average Bonchev–Trinajstić information content (AvgIpc) is 2.52. The topological polar surface area (TPSA) is 92.7 Å². The molecule has 0 saturated heterocycles. The molecule has 0 aliphatic heterocycles. The van der Waals surface area contributed by atoms with Gasteiger partial charge in [0.25, 0.3) is 0 Å². The zero-order valence-electron chi connectivity index (χ0n) is 12.7. The molecule has 0 aliphatic carbocycles. The SMILES string of the molecule is CC(=O)Nc1ccc(C(=O)COC(=O)c2ccc(O)cc2)c(F)c1. The van der Waals surface area contributed by atoms with Crippen LogP contribution in [0.3, 0.4) is 0 Å². The van der Waals surface area contributed by atoms with Gasteiger partial charge in [-0.2, -0.15) is 0 Å². The van der Waals surface area contributed by atoms with Crippen LogP contribution in [-0.4, -0.2) is 29.4 Å². The molecule has 0 aliphatic rings. The fourth-order valence-corrected chi connectivity index (χ4v) is 1.91. The van der Waals surface area contributed by atoms with Crippen LogP contribution in [0.5, 0.6) is 5.75 Å². The number of Topliss-reactive ketones (excluding diaryl/α,β-unsaturated/α-hetero) is 1. The van der Waals surface area contributed by atoms with Crippen LogP contribution < -0.4 is 5.32 Å². The van der Waals surface area contributed by atoms with E-state index in [0.717, 1.165) is 6.07 Å². The lowest BCUT2D eigenvalue weighted by atomic mass is 10.1. The second kappa shape index (κ2) is 7.36. The molecule has 0 spiro atoms. The Labute approximate surface area is 136 Å². The first-order valence-electron chi connectivity index (χ1n) is 6.93. The molecular weight excluding hydrogens is 317 g/mol. The summed E-state index contributed by atoms with van der Waals surface area (Å²) in [6.45, 7) is 0.649. The van der Waals surface area contributed by atoms with E-state index in [1.54, 1.807) is 0 Å². The Morgan fingerprint density at radius 3 is 2.38 bits per heavy atom. The van der Waals surface area contributed by atoms with Crippen molar-refractivity contribution >= 4 is 23.3 Å². The molecule has 0 saturated carbocycles. The van der Waals surface area contributed by atoms with Gasteiger partial charge in [0.15, 0.2) is 6.61 Å². The monoisotopic (exact) mass is 331 g/mol. The van der Waals surface area contributed by atoms with Crippen molar-refractivity contribution in [3.63, 3.8) is 0 Å². The van der Waals surface area contributed by atoms with Gasteiger partial charge in [0.2, 0.25) is 11.7 Å². The van der Waals surface area contributed by atoms with Crippen LogP contribution in [0.1, 0.15) is 27.6 Å². The highest BCUT2D eigenvalue weighted by Gasteiger charge is 2.16. The number of rotatable bonds is 5. The maximum absolute atomic E-state index is 13.9. The second-order valence-electron chi connectivity index (χ2n) is 4.92. The average molecular weight is 331 g/mol. The Hall–Kier alpha value is -3.22. The lowest BCUT2D eigenvalue weighted by molar-refractivity contribution is -0.114. The summed E-state index contributed by atoms with van der Waals surface area (Å²) < 4.78 is 18.7. The standard InChI is InChI=1S/C17H14FNO5/c1-10(20)19-12-4-7-14(15(18)8-12)16(22)9-24-17(23)11-2-5-13(21)6-3-11/h2-8,21H,9H2,1H3,(H,19,20). The lowest BCUT2D eigenvalue weighted by Gasteiger charge is -2.07. The number of ether oxygens (including phenoxy) is 1.